The molecule has 3 radical (unpaired) electrons. The second-order valence-corrected chi connectivity index (χ2v) is 8.73. The van der Waals surface area contributed by atoms with E-state index in [-0.39, 0.29) is 10.9 Å². The van der Waals surface area contributed by atoms with Crippen LogP contribution in [0.4, 0.5) is 4.39 Å². The van der Waals surface area contributed by atoms with E-state index in [1.807, 2.05) is 12.1 Å². The smallest absolute Gasteiger partial charge is 0.165 e. The van der Waals surface area contributed by atoms with Gasteiger partial charge in [-0.05, 0) is 47.9 Å². The molecule has 0 N–H and O–H groups in total. The summed E-state index contributed by atoms with van der Waals surface area (Å²) in [4.78, 5) is 0. The zero-order valence-electron chi connectivity index (χ0n) is 16.0. The van der Waals surface area contributed by atoms with E-state index in [1.54, 1.807) is 6.07 Å². The van der Waals surface area contributed by atoms with Crippen molar-refractivity contribution in [3.05, 3.63) is 29.6 Å². The van der Waals surface area contributed by atoms with Crippen molar-refractivity contribution in [2.45, 2.75) is 84.1 Å². The normalized spacial score (nSPS) is 13.1. The SMILES string of the molecule is CCCCCOc1cc(CC(CCCCC)C(C)(C)[Si])ccc1F. The Morgan fingerprint density at radius 1 is 1.08 bits per heavy atom. The number of benzene rings is 1. The minimum atomic E-state index is -0.254. The Balaban J connectivity index is 2.72. The first-order valence-electron chi connectivity index (χ1n) is 9.54. The number of halogens is 1. The highest BCUT2D eigenvalue weighted by molar-refractivity contribution is 6.14. The summed E-state index contributed by atoms with van der Waals surface area (Å²) in [7, 11) is 3.90. The Hall–Kier alpha value is -0.833. The van der Waals surface area contributed by atoms with Gasteiger partial charge >= 0.3 is 0 Å². The second-order valence-electron chi connectivity index (χ2n) is 7.44. The predicted octanol–water partition coefficient (Wildman–Crippen LogP) is 6.50. The Labute approximate surface area is 151 Å². The number of unbranched alkanes of at least 4 members (excludes halogenated alkanes) is 4. The van der Waals surface area contributed by atoms with Crippen LogP contribution in [0.5, 0.6) is 5.75 Å². The van der Waals surface area contributed by atoms with Crippen LogP contribution in [0.25, 0.3) is 0 Å². The quantitative estimate of drug-likeness (QED) is 0.309. The van der Waals surface area contributed by atoms with Crippen LogP contribution in [-0.2, 0) is 6.42 Å². The van der Waals surface area contributed by atoms with Crippen LogP contribution in [0, 0.1) is 11.7 Å². The summed E-state index contributed by atoms with van der Waals surface area (Å²) in [6.45, 7) is 9.44. The van der Waals surface area contributed by atoms with E-state index in [1.165, 1.54) is 25.7 Å². The van der Waals surface area contributed by atoms with Gasteiger partial charge in [0.2, 0.25) is 0 Å². The van der Waals surface area contributed by atoms with E-state index in [0.29, 0.717) is 18.3 Å². The maximum absolute atomic E-state index is 14.0. The van der Waals surface area contributed by atoms with Crippen molar-refractivity contribution in [1.29, 1.82) is 0 Å². The van der Waals surface area contributed by atoms with Crippen molar-refractivity contribution < 1.29 is 9.13 Å². The van der Waals surface area contributed by atoms with Gasteiger partial charge in [0.15, 0.2) is 11.6 Å². The lowest BCUT2D eigenvalue weighted by atomic mass is 9.84. The summed E-state index contributed by atoms with van der Waals surface area (Å²) in [5.74, 6) is 0.678. The summed E-state index contributed by atoms with van der Waals surface area (Å²) in [6.07, 6.45) is 9.14. The molecule has 1 aromatic carbocycles. The molecule has 0 saturated heterocycles. The maximum atomic E-state index is 14.0. The summed E-state index contributed by atoms with van der Waals surface area (Å²) in [6, 6.07) is 5.35. The summed E-state index contributed by atoms with van der Waals surface area (Å²) < 4.78 is 19.6. The van der Waals surface area contributed by atoms with Crippen LogP contribution in [-0.4, -0.2) is 16.8 Å². The van der Waals surface area contributed by atoms with Crippen LogP contribution < -0.4 is 4.74 Å². The zero-order chi connectivity index (χ0) is 18.0. The first kappa shape index (κ1) is 21.2. The van der Waals surface area contributed by atoms with Crippen LogP contribution in [0.15, 0.2) is 18.2 Å². The number of rotatable bonds is 12. The molecule has 0 amide bonds. The van der Waals surface area contributed by atoms with Crippen molar-refractivity contribution in [1.82, 2.24) is 0 Å². The molecule has 1 rings (SSSR count). The fraction of sp³-hybridized carbons (Fsp3) is 0.714. The number of ether oxygens (including phenoxy) is 1. The monoisotopic (exact) mass is 349 g/mol. The van der Waals surface area contributed by atoms with Gasteiger partial charge in [0.25, 0.3) is 0 Å². The lowest BCUT2D eigenvalue weighted by Crippen LogP contribution is -2.20. The minimum Gasteiger partial charge on any atom is -0.491 e. The summed E-state index contributed by atoms with van der Waals surface area (Å²) in [5, 5.41) is 0.0737. The van der Waals surface area contributed by atoms with E-state index in [2.05, 4.69) is 37.9 Å². The molecule has 0 heterocycles. The molecule has 0 aliphatic heterocycles. The average molecular weight is 350 g/mol. The van der Waals surface area contributed by atoms with Crippen LogP contribution in [0.3, 0.4) is 0 Å². The third-order valence-electron chi connectivity index (χ3n) is 4.66. The van der Waals surface area contributed by atoms with E-state index in [9.17, 15) is 4.39 Å². The van der Waals surface area contributed by atoms with Gasteiger partial charge in [0.1, 0.15) is 0 Å². The lowest BCUT2D eigenvalue weighted by Gasteiger charge is -2.31. The van der Waals surface area contributed by atoms with Crippen LogP contribution in [0.1, 0.15) is 78.2 Å². The van der Waals surface area contributed by atoms with Crippen molar-refractivity contribution in [2.75, 3.05) is 6.61 Å². The molecule has 135 valence electrons. The standard InChI is InChI=1S/C21H34FOSi/c1-5-7-9-11-18(21(3,4)24)15-17-12-13-19(22)20(16-17)23-14-10-8-6-2/h12-13,16,18H,5-11,14-15H2,1-4H3. The van der Waals surface area contributed by atoms with Crippen molar-refractivity contribution >= 4 is 10.2 Å². The molecule has 1 unspecified atom stereocenters. The zero-order valence-corrected chi connectivity index (χ0v) is 17.0. The highest BCUT2D eigenvalue weighted by Gasteiger charge is 2.24. The van der Waals surface area contributed by atoms with E-state index < -0.39 is 0 Å². The van der Waals surface area contributed by atoms with Gasteiger partial charge in [-0.15, -0.1) is 0 Å². The fourth-order valence-electron chi connectivity index (χ4n) is 2.96. The molecular formula is C21H34FOSi. The topological polar surface area (TPSA) is 9.23 Å². The second kappa shape index (κ2) is 10.9. The average Bonchev–Trinajstić information content (AvgIpc) is 2.52. The van der Waals surface area contributed by atoms with Gasteiger partial charge in [-0.25, -0.2) is 4.39 Å². The Morgan fingerprint density at radius 3 is 2.38 bits per heavy atom. The van der Waals surface area contributed by atoms with Gasteiger partial charge < -0.3 is 4.74 Å². The Morgan fingerprint density at radius 2 is 1.75 bits per heavy atom. The summed E-state index contributed by atoms with van der Waals surface area (Å²) >= 11 is 0. The van der Waals surface area contributed by atoms with Gasteiger partial charge in [-0.1, -0.05) is 65.9 Å². The first-order valence-corrected chi connectivity index (χ1v) is 10.0. The molecule has 0 fully saturated rings. The predicted molar refractivity (Wildman–Crippen MR) is 103 cm³/mol. The molecule has 24 heavy (non-hydrogen) atoms. The number of hydrogen-bond acceptors (Lipinski definition) is 1. The van der Waals surface area contributed by atoms with Crippen molar-refractivity contribution in [2.24, 2.45) is 5.92 Å². The van der Waals surface area contributed by atoms with Gasteiger partial charge in [0.05, 0.1) is 6.61 Å². The summed E-state index contributed by atoms with van der Waals surface area (Å²) in [5.41, 5.74) is 1.16. The molecule has 1 aromatic rings. The molecule has 0 aliphatic carbocycles. The fourth-order valence-corrected chi connectivity index (χ4v) is 3.21. The number of hydrogen-bond donors (Lipinski definition) is 0. The highest BCUT2D eigenvalue weighted by Crippen LogP contribution is 2.37. The van der Waals surface area contributed by atoms with E-state index in [4.69, 9.17) is 4.74 Å². The largest absolute Gasteiger partial charge is 0.491 e. The third-order valence-corrected chi connectivity index (χ3v) is 5.07. The molecule has 0 aliphatic rings. The molecule has 1 atom stereocenters. The van der Waals surface area contributed by atoms with E-state index >= 15 is 0 Å². The van der Waals surface area contributed by atoms with Gasteiger partial charge in [0, 0.05) is 10.2 Å². The van der Waals surface area contributed by atoms with E-state index in [0.717, 1.165) is 31.2 Å². The molecule has 0 saturated carbocycles. The maximum Gasteiger partial charge on any atom is 0.165 e. The lowest BCUT2D eigenvalue weighted by molar-refractivity contribution is 0.290. The minimum absolute atomic E-state index is 0.0737. The van der Waals surface area contributed by atoms with Gasteiger partial charge in [-0.3, -0.25) is 0 Å². The Bertz CT molecular complexity index is 467. The van der Waals surface area contributed by atoms with Crippen molar-refractivity contribution in [3.63, 3.8) is 0 Å². The highest BCUT2D eigenvalue weighted by atomic mass is 28.1. The molecule has 3 heteroatoms. The molecule has 0 aromatic heterocycles. The molecule has 0 bridgehead atoms. The van der Waals surface area contributed by atoms with Gasteiger partial charge in [-0.2, -0.15) is 0 Å². The first-order chi connectivity index (χ1) is 11.4. The van der Waals surface area contributed by atoms with Crippen LogP contribution >= 0.6 is 0 Å². The molecule has 1 nitrogen and oxygen atoms in total. The molecule has 0 spiro atoms. The Kier molecular flexibility index (Phi) is 9.64. The van der Waals surface area contributed by atoms with Crippen molar-refractivity contribution in [3.8, 4) is 5.75 Å². The molecular weight excluding hydrogens is 315 g/mol. The third kappa shape index (κ3) is 7.83. The van der Waals surface area contributed by atoms with Crippen LogP contribution in [0.2, 0.25) is 5.04 Å².